The molecule has 98 valence electrons. The van der Waals surface area contributed by atoms with Crippen LogP contribution in [0.5, 0.6) is 0 Å². The van der Waals surface area contributed by atoms with Gasteiger partial charge in [0.15, 0.2) is 0 Å². The Morgan fingerprint density at radius 2 is 1.82 bits per heavy atom. The van der Waals surface area contributed by atoms with Crippen LogP contribution in [0.4, 0.5) is 5.95 Å². The van der Waals surface area contributed by atoms with Gasteiger partial charge in [0.1, 0.15) is 0 Å². The van der Waals surface area contributed by atoms with E-state index >= 15 is 0 Å². The predicted octanol–water partition coefficient (Wildman–Crippen LogP) is 2.39. The molecule has 17 heavy (non-hydrogen) atoms. The van der Waals surface area contributed by atoms with E-state index in [1.54, 1.807) is 12.4 Å². The van der Waals surface area contributed by atoms with Gasteiger partial charge in [0.25, 0.3) is 0 Å². The molecule has 1 aromatic rings. The first-order chi connectivity index (χ1) is 7.34. The molecule has 0 atom stereocenters. The summed E-state index contributed by atoms with van der Waals surface area (Å²) in [7, 11) is 0. The SMILES string of the molecule is Cl.Cl.Clc1cnc(NCC2CCNCC2)nc1. The Hall–Kier alpha value is -0.290. The number of nitrogens with zero attached hydrogens (tertiary/aromatic N) is 2. The zero-order valence-electron chi connectivity index (χ0n) is 9.36. The highest BCUT2D eigenvalue weighted by Crippen LogP contribution is 2.12. The van der Waals surface area contributed by atoms with Gasteiger partial charge in [-0.25, -0.2) is 9.97 Å². The number of halogens is 3. The Bertz CT molecular complexity index is 301. The highest BCUT2D eigenvalue weighted by Gasteiger charge is 2.12. The molecule has 0 bridgehead atoms. The van der Waals surface area contributed by atoms with Crippen molar-refractivity contribution < 1.29 is 0 Å². The minimum atomic E-state index is 0. The minimum absolute atomic E-state index is 0. The molecule has 1 fully saturated rings. The molecule has 0 radical (unpaired) electrons. The Kier molecular flexibility index (Phi) is 8.60. The molecule has 0 unspecified atom stereocenters. The molecule has 2 heterocycles. The average molecular weight is 300 g/mol. The molecule has 0 saturated carbocycles. The van der Waals surface area contributed by atoms with Gasteiger partial charge < -0.3 is 10.6 Å². The summed E-state index contributed by atoms with van der Waals surface area (Å²) in [5.74, 6) is 1.39. The van der Waals surface area contributed by atoms with Crippen molar-refractivity contribution in [1.29, 1.82) is 0 Å². The molecule has 1 aliphatic rings. The maximum Gasteiger partial charge on any atom is 0.222 e. The van der Waals surface area contributed by atoms with E-state index in [1.807, 2.05) is 0 Å². The number of hydrogen-bond acceptors (Lipinski definition) is 4. The van der Waals surface area contributed by atoms with Gasteiger partial charge in [0.05, 0.1) is 17.4 Å². The first kappa shape index (κ1) is 16.7. The topological polar surface area (TPSA) is 49.8 Å². The number of nitrogens with one attached hydrogen (secondary N) is 2. The lowest BCUT2D eigenvalue weighted by molar-refractivity contribution is 0.389. The van der Waals surface area contributed by atoms with Gasteiger partial charge in [-0.1, -0.05) is 11.6 Å². The van der Waals surface area contributed by atoms with Crippen molar-refractivity contribution in [2.75, 3.05) is 25.0 Å². The van der Waals surface area contributed by atoms with Crippen LogP contribution >= 0.6 is 36.4 Å². The maximum atomic E-state index is 5.70. The van der Waals surface area contributed by atoms with E-state index in [0.717, 1.165) is 25.6 Å². The number of anilines is 1. The molecule has 0 amide bonds. The number of aromatic nitrogens is 2. The molecule has 0 aromatic carbocycles. The van der Waals surface area contributed by atoms with Gasteiger partial charge in [-0.3, -0.25) is 0 Å². The summed E-state index contributed by atoms with van der Waals surface area (Å²) in [4.78, 5) is 8.19. The molecule has 1 aromatic heterocycles. The summed E-state index contributed by atoms with van der Waals surface area (Å²) in [5, 5.41) is 7.15. The van der Waals surface area contributed by atoms with Gasteiger partial charge in [-0.2, -0.15) is 0 Å². The largest absolute Gasteiger partial charge is 0.354 e. The molecule has 1 saturated heterocycles. The van der Waals surface area contributed by atoms with Gasteiger partial charge in [0, 0.05) is 6.54 Å². The quantitative estimate of drug-likeness (QED) is 0.900. The fourth-order valence-corrected chi connectivity index (χ4v) is 1.82. The molecule has 2 rings (SSSR count). The molecule has 1 aliphatic heterocycles. The predicted molar refractivity (Wildman–Crippen MR) is 75.6 cm³/mol. The summed E-state index contributed by atoms with van der Waals surface area (Å²) in [5.41, 5.74) is 0. The van der Waals surface area contributed by atoms with Crippen molar-refractivity contribution in [3.63, 3.8) is 0 Å². The van der Waals surface area contributed by atoms with Crippen LogP contribution in [0.1, 0.15) is 12.8 Å². The fraction of sp³-hybridized carbons (Fsp3) is 0.600. The Morgan fingerprint density at radius 3 is 2.41 bits per heavy atom. The van der Waals surface area contributed by atoms with Crippen LogP contribution in [-0.2, 0) is 0 Å². The van der Waals surface area contributed by atoms with Crippen molar-refractivity contribution in [2.45, 2.75) is 12.8 Å². The minimum Gasteiger partial charge on any atom is -0.354 e. The molecule has 7 heteroatoms. The van der Waals surface area contributed by atoms with Crippen molar-refractivity contribution in [3.8, 4) is 0 Å². The maximum absolute atomic E-state index is 5.70. The Morgan fingerprint density at radius 1 is 1.24 bits per heavy atom. The second kappa shape index (κ2) is 8.75. The van der Waals surface area contributed by atoms with E-state index in [9.17, 15) is 0 Å². The number of rotatable bonds is 3. The van der Waals surface area contributed by atoms with Gasteiger partial charge in [-0.05, 0) is 31.8 Å². The van der Waals surface area contributed by atoms with E-state index in [0.29, 0.717) is 11.0 Å². The average Bonchev–Trinajstić information content (AvgIpc) is 2.30. The van der Waals surface area contributed by atoms with E-state index in [4.69, 9.17) is 11.6 Å². The molecule has 0 spiro atoms. The number of hydrogen-bond donors (Lipinski definition) is 2. The van der Waals surface area contributed by atoms with Gasteiger partial charge in [-0.15, -0.1) is 24.8 Å². The van der Waals surface area contributed by atoms with Crippen molar-refractivity contribution in [1.82, 2.24) is 15.3 Å². The van der Waals surface area contributed by atoms with E-state index < -0.39 is 0 Å². The van der Waals surface area contributed by atoms with E-state index in [2.05, 4.69) is 20.6 Å². The normalized spacial score (nSPS) is 15.6. The molecule has 2 N–H and O–H groups in total. The lowest BCUT2D eigenvalue weighted by Gasteiger charge is -2.22. The van der Waals surface area contributed by atoms with Crippen LogP contribution < -0.4 is 10.6 Å². The van der Waals surface area contributed by atoms with Crippen LogP contribution in [0.3, 0.4) is 0 Å². The molecular weight excluding hydrogens is 282 g/mol. The van der Waals surface area contributed by atoms with Crippen LogP contribution in [-0.4, -0.2) is 29.6 Å². The van der Waals surface area contributed by atoms with E-state index in [1.165, 1.54) is 12.8 Å². The van der Waals surface area contributed by atoms with Crippen molar-refractivity contribution >= 4 is 42.4 Å². The van der Waals surface area contributed by atoms with E-state index in [-0.39, 0.29) is 24.8 Å². The summed E-state index contributed by atoms with van der Waals surface area (Å²) in [6.45, 7) is 3.19. The van der Waals surface area contributed by atoms with Crippen LogP contribution in [0, 0.1) is 5.92 Å². The first-order valence-electron chi connectivity index (χ1n) is 5.27. The van der Waals surface area contributed by atoms with Crippen LogP contribution in [0.25, 0.3) is 0 Å². The summed E-state index contributed by atoms with van der Waals surface area (Å²) >= 11 is 5.70. The van der Waals surface area contributed by atoms with Crippen molar-refractivity contribution in [3.05, 3.63) is 17.4 Å². The second-order valence-electron chi connectivity index (χ2n) is 3.80. The smallest absolute Gasteiger partial charge is 0.222 e. The summed E-state index contributed by atoms with van der Waals surface area (Å²) < 4.78 is 0. The lowest BCUT2D eigenvalue weighted by atomic mass is 9.98. The molecule has 0 aliphatic carbocycles. The van der Waals surface area contributed by atoms with Gasteiger partial charge in [0.2, 0.25) is 5.95 Å². The molecule has 4 nitrogen and oxygen atoms in total. The monoisotopic (exact) mass is 298 g/mol. The Balaban J connectivity index is 0.00000128. The number of piperidine rings is 1. The summed E-state index contributed by atoms with van der Waals surface area (Å²) in [6.07, 6.45) is 5.67. The summed E-state index contributed by atoms with van der Waals surface area (Å²) in [6, 6.07) is 0. The zero-order chi connectivity index (χ0) is 10.5. The first-order valence-corrected chi connectivity index (χ1v) is 5.64. The molecular formula is C10H17Cl3N4. The fourth-order valence-electron chi connectivity index (χ4n) is 1.73. The lowest BCUT2D eigenvalue weighted by Crippen LogP contribution is -2.31. The van der Waals surface area contributed by atoms with Gasteiger partial charge >= 0.3 is 0 Å². The second-order valence-corrected chi connectivity index (χ2v) is 4.24. The Labute approximate surface area is 119 Å². The standard InChI is InChI=1S/C10H15ClN4.2ClH/c11-9-6-14-10(15-7-9)13-5-8-1-3-12-4-2-8;;/h6-8,12H,1-5H2,(H,13,14,15);2*1H. The van der Waals surface area contributed by atoms with Crippen LogP contribution in [0.2, 0.25) is 5.02 Å². The highest BCUT2D eigenvalue weighted by atomic mass is 35.5. The van der Waals surface area contributed by atoms with Crippen molar-refractivity contribution in [2.24, 2.45) is 5.92 Å². The zero-order valence-corrected chi connectivity index (χ0v) is 11.7. The third-order valence-electron chi connectivity index (χ3n) is 2.63. The third-order valence-corrected chi connectivity index (χ3v) is 2.82. The highest BCUT2D eigenvalue weighted by molar-refractivity contribution is 6.30. The van der Waals surface area contributed by atoms with Crippen LogP contribution in [0.15, 0.2) is 12.4 Å². The third kappa shape index (κ3) is 5.73.